The van der Waals surface area contributed by atoms with Crippen LogP contribution in [0.25, 0.3) is 0 Å². The van der Waals surface area contributed by atoms with Crippen molar-refractivity contribution in [3.8, 4) is 17.5 Å². The van der Waals surface area contributed by atoms with E-state index in [-0.39, 0.29) is 36.4 Å². The van der Waals surface area contributed by atoms with E-state index in [1.54, 1.807) is 31.3 Å². The van der Waals surface area contributed by atoms with Crippen LogP contribution < -0.4 is 14.4 Å². The fourth-order valence-electron chi connectivity index (χ4n) is 5.10. The van der Waals surface area contributed by atoms with Gasteiger partial charge in [0.25, 0.3) is 5.91 Å². The average Bonchev–Trinajstić information content (AvgIpc) is 3.47. The Bertz CT molecular complexity index is 1380. The van der Waals surface area contributed by atoms with Crippen molar-refractivity contribution in [2.45, 2.75) is 57.0 Å². The van der Waals surface area contributed by atoms with Crippen molar-refractivity contribution < 1.29 is 37.7 Å². The fourth-order valence-corrected chi connectivity index (χ4v) is 5.23. The maximum absolute atomic E-state index is 13.8. The standard InChI is InChI=1S/C27H28ClF3N4O5/c1-33-22-21(23(36)34(25(33)37)14-13-26(38)11-2-3-12-26)35(16-17-7-9-18(28)10-8-17)24(32-22)39-19-5-4-6-20(15-19)40-27(29,30)31/h4-10,15,25,37-38H,2-3,11-14,16H2,1H3. The molecule has 2 aliphatic rings. The predicted octanol–water partition coefficient (Wildman–Crippen LogP) is 5.14. The molecule has 1 aliphatic heterocycles. The Morgan fingerprint density at radius 2 is 1.80 bits per heavy atom. The minimum atomic E-state index is -4.88. The van der Waals surface area contributed by atoms with Crippen LogP contribution in [0.5, 0.6) is 17.5 Å². The zero-order valence-electron chi connectivity index (χ0n) is 21.6. The minimum absolute atomic E-state index is 0.00239. The lowest BCUT2D eigenvalue weighted by molar-refractivity contribution is -0.274. The number of nitrogens with zero attached hydrogens (tertiary/aromatic N) is 4. The van der Waals surface area contributed by atoms with Gasteiger partial charge in [0.1, 0.15) is 11.5 Å². The summed E-state index contributed by atoms with van der Waals surface area (Å²) < 4.78 is 49.7. The molecule has 2 N–H and O–H groups in total. The number of carbonyl (C=O) groups excluding carboxylic acids is 1. The third-order valence-corrected chi connectivity index (χ3v) is 7.44. The van der Waals surface area contributed by atoms with Gasteiger partial charge in [-0.1, -0.05) is 42.6 Å². The van der Waals surface area contributed by atoms with E-state index >= 15 is 0 Å². The molecule has 1 aromatic heterocycles. The van der Waals surface area contributed by atoms with Gasteiger partial charge in [0.2, 0.25) is 6.35 Å². The Balaban J connectivity index is 1.51. The molecule has 1 saturated carbocycles. The molecule has 1 amide bonds. The zero-order valence-corrected chi connectivity index (χ0v) is 22.3. The molecule has 0 spiro atoms. The first-order valence-electron chi connectivity index (χ1n) is 12.8. The summed E-state index contributed by atoms with van der Waals surface area (Å²) >= 11 is 6.03. The Morgan fingerprint density at radius 3 is 2.48 bits per heavy atom. The molecule has 1 atom stereocenters. The second-order valence-electron chi connectivity index (χ2n) is 10.0. The Labute approximate surface area is 233 Å². The quantitative estimate of drug-likeness (QED) is 0.381. The molecular weight excluding hydrogens is 553 g/mol. The number of hydrogen-bond acceptors (Lipinski definition) is 7. The van der Waals surface area contributed by atoms with Crippen LogP contribution in [0.2, 0.25) is 5.02 Å². The third kappa shape index (κ3) is 5.98. The van der Waals surface area contributed by atoms with Crippen LogP contribution in [0.15, 0.2) is 48.5 Å². The number of fused-ring (bicyclic) bond motifs is 1. The smallest absolute Gasteiger partial charge is 0.425 e. The van der Waals surface area contributed by atoms with Crippen molar-refractivity contribution in [3.05, 3.63) is 64.8 Å². The first kappa shape index (κ1) is 28.1. The van der Waals surface area contributed by atoms with Gasteiger partial charge >= 0.3 is 12.4 Å². The molecule has 9 nitrogen and oxygen atoms in total. The highest BCUT2D eigenvalue weighted by Gasteiger charge is 2.42. The SMILES string of the molecule is CN1c2nc(Oc3cccc(OC(F)(F)F)c3)n(Cc3ccc(Cl)cc3)c2C(=O)N(CCC2(O)CCCC2)C1O. The lowest BCUT2D eigenvalue weighted by Crippen LogP contribution is -2.55. The van der Waals surface area contributed by atoms with E-state index in [2.05, 4.69) is 9.72 Å². The lowest BCUT2D eigenvalue weighted by atomic mass is 9.97. The van der Waals surface area contributed by atoms with Gasteiger partial charge in [0.05, 0.1) is 12.1 Å². The van der Waals surface area contributed by atoms with Crippen molar-refractivity contribution in [3.63, 3.8) is 0 Å². The molecular formula is C27H28ClF3N4O5. The summed E-state index contributed by atoms with van der Waals surface area (Å²) in [6.07, 6.45) is -2.85. The molecule has 1 aliphatic carbocycles. The summed E-state index contributed by atoms with van der Waals surface area (Å²) in [4.78, 5) is 20.9. The summed E-state index contributed by atoms with van der Waals surface area (Å²) in [5.74, 6) is -0.865. The Hall–Kier alpha value is -3.48. The summed E-state index contributed by atoms with van der Waals surface area (Å²) in [7, 11) is 1.56. The zero-order chi connectivity index (χ0) is 28.7. The highest BCUT2D eigenvalue weighted by atomic mass is 35.5. The number of aromatic nitrogens is 2. The number of anilines is 1. The van der Waals surface area contributed by atoms with Crippen molar-refractivity contribution in [2.75, 3.05) is 18.5 Å². The lowest BCUT2D eigenvalue weighted by Gasteiger charge is -2.39. The average molecular weight is 581 g/mol. The minimum Gasteiger partial charge on any atom is -0.425 e. The van der Waals surface area contributed by atoms with Gasteiger partial charge < -0.3 is 24.6 Å². The molecule has 2 heterocycles. The molecule has 0 radical (unpaired) electrons. The number of amides is 1. The molecule has 0 saturated heterocycles. The second kappa shape index (κ2) is 10.8. The fraction of sp³-hybridized carbons (Fsp3) is 0.407. The number of benzene rings is 2. The number of hydrogen-bond donors (Lipinski definition) is 2. The predicted molar refractivity (Wildman–Crippen MR) is 139 cm³/mol. The maximum atomic E-state index is 13.8. The topological polar surface area (TPSA) is 100 Å². The van der Waals surface area contributed by atoms with E-state index < -0.39 is 30.0 Å². The highest BCUT2D eigenvalue weighted by Crippen LogP contribution is 2.38. The largest absolute Gasteiger partial charge is 0.573 e. The number of aliphatic hydroxyl groups excluding tert-OH is 1. The molecule has 0 bridgehead atoms. The number of aliphatic hydroxyl groups is 2. The van der Waals surface area contributed by atoms with Crippen LogP contribution in [0, 0.1) is 0 Å². The second-order valence-corrected chi connectivity index (χ2v) is 10.5. The molecule has 13 heteroatoms. The number of halogens is 4. The van der Waals surface area contributed by atoms with Gasteiger partial charge in [-0.15, -0.1) is 13.2 Å². The van der Waals surface area contributed by atoms with Gasteiger partial charge in [0.15, 0.2) is 11.5 Å². The number of ether oxygens (including phenoxy) is 2. The van der Waals surface area contributed by atoms with Crippen LogP contribution in [0.4, 0.5) is 19.0 Å². The number of imidazole rings is 1. The van der Waals surface area contributed by atoms with Crippen molar-refractivity contribution in [1.29, 1.82) is 0 Å². The van der Waals surface area contributed by atoms with Crippen molar-refractivity contribution in [1.82, 2.24) is 14.5 Å². The Kier molecular flexibility index (Phi) is 7.60. The van der Waals surface area contributed by atoms with Crippen LogP contribution >= 0.6 is 11.6 Å². The van der Waals surface area contributed by atoms with Crippen molar-refractivity contribution >= 4 is 23.3 Å². The Morgan fingerprint density at radius 1 is 1.12 bits per heavy atom. The monoisotopic (exact) mass is 580 g/mol. The van der Waals surface area contributed by atoms with Crippen LogP contribution in [-0.2, 0) is 6.54 Å². The number of carbonyl (C=O) groups is 1. The van der Waals surface area contributed by atoms with E-state index in [1.807, 2.05) is 0 Å². The highest BCUT2D eigenvalue weighted by molar-refractivity contribution is 6.30. The molecule has 5 rings (SSSR count). The third-order valence-electron chi connectivity index (χ3n) is 7.19. The first-order chi connectivity index (χ1) is 18.9. The summed E-state index contributed by atoms with van der Waals surface area (Å²) in [6, 6.07) is 11.8. The van der Waals surface area contributed by atoms with Crippen molar-refractivity contribution in [2.24, 2.45) is 0 Å². The van der Waals surface area contributed by atoms with E-state index in [0.29, 0.717) is 24.3 Å². The van der Waals surface area contributed by atoms with Crippen LogP contribution in [0.3, 0.4) is 0 Å². The summed E-state index contributed by atoms with van der Waals surface area (Å²) in [5.41, 5.74) is -0.0176. The van der Waals surface area contributed by atoms with Gasteiger partial charge in [0, 0.05) is 24.7 Å². The number of rotatable bonds is 8. The van der Waals surface area contributed by atoms with E-state index in [9.17, 15) is 28.2 Å². The van der Waals surface area contributed by atoms with Crippen LogP contribution in [-0.4, -0.2) is 62.5 Å². The first-order valence-corrected chi connectivity index (χ1v) is 13.1. The molecule has 1 fully saturated rings. The van der Waals surface area contributed by atoms with Gasteiger partial charge in [-0.25, -0.2) is 0 Å². The van der Waals surface area contributed by atoms with Gasteiger partial charge in [-0.05, 0) is 49.1 Å². The maximum Gasteiger partial charge on any atom is 0.573 e. The molecule has 40 heavy (non-hydrogen) atoms. The van der Waals surface area contributed by atoms with E-state index in [0.717, 1.165) is 30.5 Å². The molecule has 214 valence electrons. The molecule has 2 aromatic carbocycles. The summed E-state index contributed by atoms with van der Waals surface area (Å²) in [5, 5.41) is 22.3. The molecule has 3 aromatic rings. The summed E-state index contributed by atoms with van der Waals surface area (Å²) in [6.45, 7) is 0.223. The number of alkyl halides is 3. The van der Waals surface area contributed by atoms with E-state index in [4.69, 9.17) is 16.3 Å². The van der Waals surface area contributed by atoms with Gasteiger partial charge in [-0.2, -0.15) is 4.98 Å². The van der Waals surface area contributed by atoms with Gasteiger partial charge in [-0.3, -0.25) is 14.3 Å². The molecule has 1 unspecified atom stereocenters. The van der Waals surface area contributed by atoms with E-state index in [1.165, 1.54) is 26.5 Å². The normalized spacial score (nSPS) is 18.7. The van der Waals surface area contributed by atoms with Crippen LogP contribution in [0.1, 0.15) is 48.2 Å².